The van der Waals surface area contributed by atoms with E-state index in [1.54, 1.807) is 33.4 Å². The Labute approximate surface area is 378 Å². The zero-order valence-corrected chi connectivity index (χ0v) is 40.1. The van der Waals surface area contributed by atoms with E-state index in [4.69, 9.17) is 4.74 Å². The topological polar surface area (TPSA) is 9.23 Å². The molecular formula is C60H94O. The lowest BCUT2D eigenvalue weighted by Gasteiger charge is -2.35. The maximum atomic E-state index is 6.08. The molecule has 0 N–H and O–H groups in total. The van der Waals surface area contributed by atoms with Gasteiger partial charge in [0.05, 0.1) is 0 Å². The first-order chi connectivity index (χ1) is 30.2. The quantitative estimate of drug-likeness (QED) is 0.0613. The van der Waals surface area contributed by atoms with Crippen LogP contribution in [0.1, 0.15) is 253 Å². The van der Waals surface area contributed by atoms with Crippen molar-refractivity contribution in [1.82, 2.24) is 0 Å². The highest BCUT2D eigenvalue weighted by atomic mass is 16.5. The minimum absolute atomic E-state index is 0.802. The summed E-state index contributed by atoms with van der Waals surface area (Å²) in [5, 5.41) is 0. The van der Waals surface area contributed by atoms with E-state index >= 15 is 0 Å². The zero-order valence-electron chi connectivity index (χ0n) is 40.1. The molecule has 4 aliphatic carbocycles. The van der Waals surface area contributed by atoms with E-state index in [2.05, 4.69) is 74.5 Å². The van der Waals surface area contributed by atoms with E-state index in [1.165, 1.54) is 218 Å². The van der Waals surface area contributed by atoms with Gasteiger partial charge >= 0.3 is 0 Å². The van der Waals surface area contributed by atoms with Crippen molar-refractivity contribution in [1.29, 1.82) is 0 Å². The van der Waals surface area contributed by atoms with Crippen LogP contribution in [-0.4, -0.2) is 13.2 Å². The molecule has 61 heavy (non-hydrogen) atoms. The van der Waals surface area contributed by atoms with Gasteiger partial charge in [-0.2, -0.15) is 0 Å². The van der Waals surface area contributed by atoms with E-state index in [-0.39, 0.29) is 0 Å². The maximum absolute atomic E-state index is 6.08. The minimum Gasteiger partial charge on any atom is -0.381 e. The Morgan fingerprint density at radius 1 is 0.377 bits per heavy atom. The monoisotopic (exact) mass is 831 g/mol. The Morgan fingerprint density at radius 3 is 1.13 bits per heavy atom. The van der Waals surface area contributed by atoms with E-state index < -0.39 is 0 Å². The standard InChI is InChI=1S/C60H94O/c1-3-5-7-9-13-19-49-23-31-53(32-24-49)57-39-43-59(44-40-57)55-35-27-51(28-36-55)21-15-11-17-47-61-48-18-12-16-22-52-29-37-56(38-30-52)60-45-41-58(42-46-60)54-33-25-50(26-34-54)20-14-10-8-6-4-2/h23-27,29,31-34,55-60H,3-22,28,30,35-48H2,1-2H3. The first-order valence-electron chi connectivity index (χ1n) is 27.3. The number of hydrogen-bond acceptors (Lipinski definition) is 1. The lowest BCUT2D eigenvalue weighted by molar-refractivity contribution is 0.126. The maximum Gasteiger partial charge on any atom is 0.0466 e. The number of unbranched alkanes of at least 4 members (excludes halogenated alkanes) is 12. The van der Waals surface area contributed by atoms with Crippen molar-refractivity contribution >= 4 is 0 Å². The van der Waals surface area contributed by atoms with Crippen molar-refractivity contribution in [3.63, 3.8) is 0 Å². The summed E-state index contributed by atoms with van der Waals surface area (Å²) >= 11 is 0. The summed E-state index contributed by atoms with van der Waals surface area (Å²) < 4.78 is 6.08. The van der Waals surface area contributed by atoms with Crippen LogP contribution in [0, 0.1) is 23.7 Å². The van der Waals surface area contributed by atoms with Crippen LogP contribution >= 0.6 is 0 Å². The molecular weight excluding hydrogens is 737 g/mol. The van der Waals surface area contributed by atoms with Crippen LogP contribution in [0.3, 0.4) is 0 Å². The molecule has 2 aromatic rings. The summed E-state index contributed by atoms with van der Waals surface area (Å²) in [5.74, 6) is 5.44. The van der Waals surface area contributed by atoms with E-state index in [0.717, 1.165) is 48.7 Å². The summed E-state index contributed by atoms with van der Waals surface area (Å²) in [7, 11) is 0. The van der Waals surface area contributed by atoms with Crippen LogP contribution in [0.4, 0.5) is 0 Å². The largest absolute Gasteiger partial charge is 0.381 e. The predicted molar refractivity (Wildman–Crippen MR) is 266 cm³/mol. The van der Waals surface area contributed by atoms with Crippen molar-refractivity contribution < 1.29 is 4.74 Å². The van der Waals surface area contributed by atoms with Gasteiger partial charge in [0.2, 0.25) is 0 Å². The smallest absolute Gasteiger partial charge is 0.0466 e. The normalized spacial score (nSPS) is 24.7. The van der Waals surface area contributed by atoms with Crippen LogP contribution in [0.2, 0.25) is 0 Å². The molecule has 2 aromatic carbocycles. The van der Waals surface area contributed by atoms with Crippen molar-refractivity contribution in [2.45, 2.75) is 244 Å². The van der Waals surface area contributed by atoms with Gasteiger partial charge in [-0.05, 0) is 212 Å². The van der Waals surface area contributed by atoms with Crippen LogP contribution in [0.25, 0.3) is 0 Å². The zero-order chi connectivity index (χ0) is 42.2. The molecule has 4 aliphatic rings. The highest BCUT2D eigenvalue weighted by Gasteiger charge is 2.30. The fourth-order valence-corrected chi connectivity index (χ4v) is 12.3. The second-order valence-electron chi connectivity index (χ2n) is 21.1. The van der Waals surface area contributed by atoms with E-state index in [1.807, 2.05) is 0 Å². The highest BCUT2D eigenvalue weighted by Crippen LogP contribution is 2.45. The fraction of sp³-hybridized carbons (Fsp3) is 0.733. The number of rotatable bonds is 28. The minimum atomic E-state index is 0.802. The SMILES string of the molecule is CCCCCCCc1ccc(C2CCC(C3CC=C(CCCCCOCCCCCC4=CCC(C5CCC(c6ccc(CCCCCCC)cc6)CC5)CC4)CC3)CC2)cc1. The first-order valence-corrected chi connectivity index (χ1v) is 27.3. The average Bonchev–Trinajstić information content (AvgIpc) is 3.31. The predicted octanol–water partition coefficient (Wildman–Crippen LogP) is 18.6. The van der Waals surface area contributed by atoms with Crippen molar-refractivity contribution in [3.8, 4) is 0 Å². The van der Waals surface area contributed by atoms with Gasteiger partial charge in [-0.3, -0.25) is 0 Å². The Hall–Kier alpha value is -2.12. The number of hydrogen-bond donors (Lipinski definition) is 0. The third-order valence-electron chi connectivity index (χ3n) is 16.6. The van der Waals surface area contributed by atoms with Crippen LogP contribution in [-0.2, 0) is 17.6 Å². The molecule has 340 valence electrons. The van der Waals surface area contributed by atoms with Gasteiger partial charge < -0.3 is 4.74 Å². The summed E-state index contributed by atoms with van der Waals surface area (Å²) in [6.07, 6.45) is 51.9. The lowest BCUT2D eigenvalue weighted by Crippen LogP contribution is -2.22. The molecule has 2 fully saturated rings. The number of ether oxygens (including phenoxy) is 1. The number of benzene rings is 2. The molecule has 0 radical (unpaired) electrons. The molecule has 0 spiro atoms. The van der Waals surface area contributed by atoms with Gasteiger partial charge in [0, 0.05) is 13.2 Å². The molecule has 0 amide bonds. The molecule has 0 heterocycles. The molecule has 6 rings (SSSR count). The van der Waals surface area contributed by atoms with Crippen molar-refractivity contribution in [2.24, 2.45) is 23.7 Å². The number of aryl methyl sites for hydroxylation is 2. The molecule has 0 aliphatic heterocycles. The molecule has 0 bridgehead atoms. The molecule has 1 nitrogen and oxygen atoms in total. The second-order valence-corrected chi connectivity index (χ2v) is 21.1. The summed E-state index contributed by atoms with van der Waals surface area (Å²) in [6, 6.07) is 19.6. The summed E-state index contributed by atoms with van der Waals surface area (Å²) in [6.45, 7) is 6.54. The molecule has 1 heteroatoms. The molecule has 0 aromatic heterocycles. The van der Waals surface area contributed by atoms with Gasteiger partial charge in [0.25, 0.3) is 0 Å². The highest BCUT2D eigenvalue weighted by molar-refractivity contribution is 5.27. The Bertz CT molecular complexity index is 1370. The average molecular weight is 831 g/mol. The second kappa shape index (κ2) is 28.6. The van der Waals surface area contributed by atoms with Gasteiger partial charge in [-0.25, -0.2) is 0 Å². The van der Waals surface area contributed by atoms with Gasteiger partial charge in [-0.1, -0.05) is 150 Å². The molecule has 2 atom stereocenters. The molecule has 0 saturated heterocycles. The Balaban J connectivity index is 0.719. The van der Waals surface area contributed by atoms with Crippen molar-refractivity contribution in [3.05, 3.63) is 94.1 Å². The molecule has 2 unspecified atom stereocenters. The molecule has 2 saturated carbocycles. The summed E-state index contributed by atoms with van der Waals surface area (Å²) in [5.41, 5.74) is 9.86. The van der Waals surface area contributed by atoms with E-state index in [0.29, 0.717) is 0 Å². The van der Waals surface area contributed by atoms with Gasteiger partial charge in [-0.15, -0.1) is 0 Å². The van der Waals surface area contributed by atoms with Crippen LogP contribution in [0.15, 0.2) is 71.8 Å². The summed E-state index contributed by atoms with van der Waals surface area (Å²) in [4.78, 5) is 0. The lowest BCUT2D eigenvalue weighted by atomic mass is 9.70. The Morgan fingerprint density at radius 2 is 0.754 bits per heavy atom. The van der Waals surface area contributed by atoms with Crippen LogP contribution < -0.4 is 0 Å². The van der Waals surface area contributed by atoms with Crippen molar-refractivity contribution in [2.75, 3.05) is 13.2 Å². The third kappa shape index (κ3) is 17.4. The van der Waals surface area contributed by atoms with E-state index in [9.17, 15) is 0 Å². The van der Waals surface area contributed by atoms with Gasteiger partial charge in [0.1, 0.15) is 0 Å². The first kappa shape index (κ1) is 48.3. The fourth-order valence-electron chi connectivity index (χ4n) is 12.3. The van der Waals surface area contributed by atoms with Crippen LogP contribution in [0.5, 0.6) is 0 Å². The Kier molecular flexibility index (Phi) is 22.7. The third-order valence-corrected chi connectivity index (χ3v) is 16.6. The number of allylic oxidation sites excluding steroid dienone is 4. The van der Waals surface area contributed by atoms with Gasteiger partial charge in [0.15, 0.2) is 0 Å².